The monoisotopic (exact) mass is 314 g/mol. The number of aliphatic hydroxyl groups is 1. The molecule has 8 heteroatoms. The van der Waals surface area contributed by atoms with Crippen LogP contribution in [0.2, 0.25) is 0 Å². The first kappa shape index (κ1) is 14.9. The number of hydrogen-bond donors (Lipinski definition) is 3. The third-order valence-corrected chi connectivity index (χ3v) is 4.63. The minimum Gasteiger partial charge on any atom is -0.392 e. The van der Waals surface area contributed by atoms with Crippen LogP contribution in [0.25, 0.3) is 0 Å². The average Bonchev–Trinajstić information content (AvgIpc) is 2.83. The summed E-state index contributed by atoms with van der Waals surface area (Å²) in [6, 6.07) is 6.69. The van der Waals surface area contributed by atoms with Crippen molar-refractivity contribution in [3.63, 3.8) is 0 Å². The van der Waals surface area contributed by atoms with Gasteiger partial charge >= 0.3 is 4.87 Å². The van der Waals surface area contributed by atoms with Crippen LogP contribution in [-0.2, 0) is 28.9 Å². The molecule has 3 N–H and O–H groups in total. The molecule has 0 unspecified atom stereocenters. The zero-order valence-corrected chi connectivity index (χ0v) is 12.1. The Balaban J connectivity index is 1.97. The number of hydrogen-bond acceptors (Lipinski definition) is 5. The summed E-state index contributed by atoms with van der Waals surface area (Å²) in [5.74, 6) is -0.146. The molecule has 0 bridgehead atoms. The van der Waals surface area contributed by atoms with E-state index in [-0.39, 0.29) is 23.8 Å². The van der Waals surface area contributed by atoms with Gasteiger partial charge < -0.3 is 10.1 Å². The number of thiazole rings is 1. The van der Waals surface area contributed by atoms with Crippen LogP contribution in [0.5, 0.6) is 0 Å². The predicted octanol–water partition coefficient (Wildman–Crippen LogP) is 0.548. The molecule has 0 saturated heterocycles. The molecule has 108 valence electrons. The van der Waals surface area contributed by atoms with E-state index < -0.39 is 10.0 Å². The van der Waals surface area contributed by atoms with Crippen LogP contribution in [0.3, 0.4) is 0 Å². The molecule has 0 saturated carbocycles. The third kappa shape index (κ3) is 4.27. The second-order valence-corrected chi connectivity index (χ2v) is 6.88. The maximum atomic E-state index is 11.9. The fourth-order valence-corrected chi connectivity index (χ4v) is 3.29. The smallest absolute Gasteiger partial charge is 0.304 e. The van der Waals surface area contributed by atoms with Gasteiger partial charge in [0, 0.05) is 11.1 Å². The van der Waals surface area contributed by atoms with E-state index in [1.165, 1.54) is 0 Å². The van der Waals surface area contributed by atoms with Gasteiger partial charge in [0.2, 0.25) is 10.0 Å². The lowest BCUT2D eigenvalue weighted by Crippen LogP contribution is -2.25. The van der Waals surface area contributed by atoms with Crippen LogP contribution in [-0.4, -0.2) is 18.5 Å². The molecule has 1 heterocycles. The van der Waals surface area contributed by atoms with Crippen LogP contribution < -0.4 is 9.60 Å². The van der Waals surface area contributed by atoms with Crippen molar-refractivity contribution in [2.75, 3.05) is 0 Å². The number of rotatable bonds is 6. The zero-order valence-electron chi connectivity index (χ0n) is 10.5. The lowest BCUT2D eigenvalue weighted by atomic mass is 10.2. The number of aliphatic hydroxyl groups excluding tert-OH is 1. The highest BCUT2D eigenvalue weighted by Gasteiger charge is 2.11. The van der Waals surface area contributed by atoms with Gasteiger partial charge in [-0.1, -0.05) is 35.6 Å². The Kier molecular flexibility index (Phi) is 4.71. The number of sulfonamides is 1. The Morgan fingerprint density at radius 2 is 1.85 bits per heavy atom. The molecule has 0 aliphatic rings. The molecule has 0 aliphatic carbocycles. The Bertz CT molecular complexity index is 716. The fourth-order valence-electron chi connectivity index (χ4n) is 1.60. The molecule has 2 aromatic rings. The molecule has 0 radical (unpaired) electrons. The number of aromatic nitrogens is 1. The lowest BCUT2D eigenvalue weighted by Gasteiger charge is -2.06. The average molecular weight is 314 g/mol. The zero-order chi connectivity index (χ0) is 14.6. The molecule has 0 atom stereocenters. The highest BCUT2D eigenvalue weighted by atomic mass is 32.2. The maximum absolute atomic E-state index is 11.9. The van der Waals surface area contributed by atoms with Crippen molar-refractivity contribution >= 4 is 21.4 Å². The standard InChI is InChI=1S/C12H14N2O4S2/c15-6-9-1-3-10(4-2-9)8-20(17,18)13-5-11-7-19-12(16)14-11/h1-4,7,13,15H,5-6,8H2,(H,14,16). The topological polar surface area (TPSA) is 99.3 Å². The van der Waals surface area contributed by atoms with E-state index in [9.17, 15) is 13.2 Å². The highest BCUT2D eigenvalue weighted by molar-refractivity contribution is 7.88. The summed E-state index contributed by atoms with van der Waals surface area (Å²) in [5, 5.41) is 10.5. The van der Waals surface area contributed by atoms with E-state index in [1.807, 2.05) is 0 Å². The van der Waals surface area contributed by atoms with Crippen molar-refractivity contribution in [2.45, 2.75) is 18.9 Å². The van der Waals surface area contributed by atoms with Crippen molar-refractivity contribution in [2.24, 2.45) is 0 Å². The number of H-pyrrole nitrogens is 1. The summed E-state index contributed by atoms with van der Waals surface area (Å²) in [6.07, 6.45) is 0. The van der Waals surface area contributed by atoms with E-state index >= 15 is 0 Å². The van der Waals surface area contributed by atoms with Crippen LogP contribution in [0.1, 0.15) is 16.8 Å². The molecular weight excluding hydrogens is 300 g/mol. The van der Waals surface area contributed by atoms with Gasteiger partial charge in [-0.3, -0.25) is 4.79 Å². The highest BCUT2D eigenvalue weighted by Crippen LogP contribution is 2.08. The van der Waals surface area contributed by atoms with Gasteiger partial charge in [-0.2, -0.15) is 0 Å². The van der Waals surface area contributed by atoms with Gasteiger partial charge in [-0.15, -0.1) is 0 Å². The minimum absolute atomic E-state index is 0.0653. The van der Waals surface area contributed by atoms with E-state index in [1.54, 1.807) is 29.6 Å². The van der Waals surface area contributed by atoms with Crippen molar-refractivity contribution in [1.29, 1.82) is 0 Å². The van der Waals surface area contributed by atoms with Crippen molar-refractivity contribution in [1.82, 2.24) is 9.71 Å². The summed E-state index contributed by atoms with van der Waals surface area (Å²) >= 11 is 0.993. The van der Waals surface area contributed by atoms with E-state index in [0.717, 1.165) is 16.9 Å². The van der Waals surface area contributed by atoms with Gasteiger partial charge in [0.25, 0.3) is 0 Å². The largest absolute Gasteiger partial charge is 0.392 e. The SMILES string of the molecule is O=c1[nH]c(CNS(=O)(=O)Cc2ccc(CO)cc2)cs1. The number of benzene rings is 1. The summed E-state index contributed by atoms with van der Waals surface area (Å²) in [7, 11) is -3.47. The van der Waals surface area contributed by atoms with E-state index in [2.05, 4.69) is 9.71 Å². The molecule has 0 spiro atoms. The first-order valence-corrected chi connectivity index (χ1v) is 8.34. The second kappa shape index (κ2) is 6.31. The van der Waals surface area contributed by atoms with Crippen molar-refractivity contribution in [3.05, 3.63) is 56.1 Å². The van der Waals surface area contributed by atoms with E-state index in [0.29, 0.717) is 11.3 Å². The Morgan fingerprint density at radius 3 is 2.40 bits per heavy atom. The molecule has 20 heavy (non-hydrogen) atoms. The van der Waals surface area contributed by atoms with Gasteiger partial charge in [0.15, 0.2) is 0 Å². The molecule has 1 aromatic heterocycles. The Morgan fingerprint density at radius 1 is 1.20 bits per heavy atom. The summed E-state index contributed by atoms with van der Waals surface area (Å²) in [6.45, 7) is -0.00734. The predicted molar refractivity (Wildman–Crippen MR) is 76.8 cm³/mol. The quantitative estimate of drug-likeness (QED) is 0.725. The maximum Gasteiger partial charge on any atom is 0.304 e. The van der Waals surface area contributed by atoms with Gasteiger partial charge in [0.05, 0.1) is 18.9 Å². The van der Waals surface area contributed by atoms with Crippen LogP contribution in [0, 0.1) is 0 Å². The first-order valence-electron chi connectivity index (χ1n) is 5.81. The number of nitrogens with one attached hydrogen (secondary N) is 2. The van der Waals surface area contributed by atoms with Gasteiger partial charge in [-0.05, 0) is 11.1 Å². The van der Waals surface area contributed by atoms with Crippen molar-refractivity contribution in [3.8, 4) is 0 Å². The van der Waals surface area contributed by atoms with Crippen LogP contribution in [0.4, 0.5) is 0 Å². The second-order valence-electron chi connectivity index (χ2n) is 4.23. The van der Waals surface area contributed by atoms with Crippen LogP contribution in [0.15, 0.2) is 34.4 Å². The first-order chi connectivity index (χ1) is 9.48. The molecule has 1 aromatic carbocycles. The van der Waals surface area contributed by atoms with Gasteiger partial charge in [-0.25, -0.2) is 13.1 Å². The number of aromatic amines is 1. The van der Waals surface area contributed by atoms with Crippen LogP contribution >= 0.6 is 11.3 Å². The third-order valence-electron chi connectivity index (χ3n) is 2.62. The molecule has 0 amide bonds. The fraction of sp³-hybridized carbons (Fsp3) is 0.250. The van der Waals surface area contributed by atoms with E-state index in [4.69, 9.17) is 5.11 Å². The lowest BCUT2D eigenvalue weighted by molar-refractivity contribution is 0.282. The van der Waals surface area contributed by atoms with Gasteiger partial charge in [0.1, 0.15) is 0 Å². The molecule has 6 nitrogen and oxygen atoms in total. The molecule has 2 rings (SSSR count). The molecule has 0 aliphatic heterocycles. The summed E-state index contributed by atoms with van der Waals surface area (Å²) < 4.78 is 26.2. The Hall–Kier alpha value is -1.48. The Labute approximate surface area is 120 Å². The minimum atomic E-state index is -3.47. The molecular formula is C12H14N2O4S2. The summed E-state index contributed by atoms with van der Waals surface area (Å²) in [4.78, 5) is 13.3. The normalized spacial score (nSPS) is 11.7. The summed E-state index contributed by atoms with van der Waals surface area (Å²) in [5.41, 5.74) is 1.91. The molecule has 0 fully saturated rings. The van der Waals surface area contributed by atoms with Crippen molar-refractivity contribution < 1.29 is 13.5 Å².